The maximum atomic E-state index is 11.7. The summed E-state index contributed by atoms with van der Waals surface area (Å²) in [5.74, 6) is 0.386. The van der Waals surface area contributed by atoms with Gasteiger partial charge in [-0.3, -0.25) is 4.79 Å². The summed E-state index contributed by atoms with van der Waals surface area (Å²) in [6.45, 7) is 9.36. The van der Waals surface area contributed by atoms with Crippen molar-refractivity contribution >= 4 is 21.8 Å². The lowest BCUT2D eigenvalue weighted by atomic mass is 9.82. The number of carbonyl (C=O) groups excluding carboxylic acids is 1. The van der Waals surface area contributed by atoms with Gasteiger partial charge in [-0.25, -0.2) is 0 Å². The first kappa shape index (κ1) is 13.3. The molecule has 0 saturated carbocycles. The highest BCUT2D eigenvalue weighted by Gasteiger charge is 2.20. The van der Waals surface area contributed by atoms with E-state index in [0.29, 0.717) is 18.2 Å². The molecule has 2 N–H and O–H groups in total. The van der Waals surface area contributed by atoms with Crippen molar-refractivity contribution in [2.24, 2.45) is 11.3 Å². The summed E-state index contributed by atoms with van der Waals surface area (Å²) in [4.78, 5) is 14.6. The SMILES string of the molecule is CC(CNC(=O)c1cc(Br)c[nH]1)C(C)(C)C. The van der Waals surface area contributed by atoms with Gasteiger partial charge in [-0.2, -0.15) is 0 Å². The highest BCUT2D eigenvalue weighted by Crippen LogP contribution is 2.24. The van der Waals surface area contributed by atoms with Crippen LogP contribution in [0.1, 0.15) is 38.2 Å². The maximum absolute atomic E-state index is 11.7. The van der Waals surface area contributed by atoms with Gasteiger partial charge in [0.1, 0.15) is 5.69 Å². The molecule has 0 bridgehead atoms. The third kappa shape index (κ3) is 3.67. The van der Waals surface area contributed by atoms with E-state index in [0.717, 1.165) is 4.47 Å². The van der Waals surface area contributed by atoms with E-state index in [1.165, 1.54) is 0 Å². The Morgan fingerprint density at radius 3 is 2.62 bits per heavy atom. The Bertz CT molecular complexity index is 365. The molecule has 4 heteroatoms. The number of amides is 1. The molecule has 0 saturated heterocycles. The Balaban J connectivity index is 2.48. The van der Waals surface area contributed by atoms with Crippen LogP contribution in [-0.2, 0) is 0 Å². The average Bonchev–Trinajstić information content (AvgIpc) is 2.59. The summed E-state index contributed by atoms with van der Waals surface area (Å²) in [7, 11) is 0. The zero-order chi connectivity index (χ0) is 12.3. The Labute approximate surface area is 105 Å². The first-order valence-corrected chi connectivity index (χ1v) is 6.22. The van der Waals surface area contributed by atoms with Crippen LogP contribution in [0.2, 0.25) is 0 Å². The molecule has 1 heterocycles. The van der Waals surface area contributed by atoms with Gasteiger partial charge in [0.15, 0.2) is 0 Å². The largest absolute Gasteiger partial charge is 0.356 e. The van der Waals surface area contributed by atoms with Crippen molar-refractivity contribution in [3.63, 3.8) is 0 Å². The number of nitrogens with one attached hydrogen (secondary N) is 2. The molecular formula is C12H19BrN2O. The zero-order valence-electron chi connectivity index (χ0n) is 10.2. The predicted octanol–water partition coefficient (Wildman–Crippen LogP) is 3.19. The van der Waals surface area contributed by atoms with Gasteiger partial charge >= 0.3 is 0 Å². The van der Waals surface area contributed by atoms with E-state index in [2.05, 4.69) is 53.9 Å². The number of aromatic amines is 1. The van der Waals surface area contributed by atoms with Gasteiger partial charge in [0, 0.05) is 17.2 Å². The standard InChI is InChI=1S/C12H19BrN2O/c1-8(12(2,3)4)6-15-11(16)10-5-9(13)7-14-10/h5,7-8,14H,6H2,1-4H3,(H,15,16). The van der Waals surface area contributed by atoms with Crippen LogP contribution in [0.15, 0.2) is 16.7 Å². The summed E-state index contributed by atoms with van der Waals surface area (Å²) in [6, 6.07) is 1.77. The first-order chi connectivity index (χ1) is 7.30. The number of halogens is 1. The minimum Gasteiger partial charge on any atom is -0.356 e. The molecule has 1 unspecified atom stereocenters. The van der Waals surface area contributed by atoms with Gasteiger partial charge in [0.25, 0.3) is 5.91 Å². The summed E-state index contributed by atoms with van der Waals surface area (Å²) in [5.41, 5.74) is 0.803. The fraction of sp³-hybridized carbons (Fsp3) is 0.583. The third-order valence-electron chi connectivity index (χ3n) is 2.94. The number of H-pyrrole nitrogens is 1. The van der Waals surface area contributed by atoms with E-state index in [4.69, 9.17) is 0 Å². The van der Waals surface area contributed by atoms with E-state index < -0.39 is 0 Å². The molecule has 1 rings (SSSR count). The second kappa shape index (κ2) is 5.04. The predicted molar refractivity (Wildman–Crippen MR) is 69.4 cm³/mol. The normalized spacial score (nSPS) is 13.6. The Morgan fingerprint density at radius 1 is 1.56 bits per heavy atom. The molecule has 0 fully saturated rings. The lowest BCUT2D eigenvalue weighted by molar-refractivity contribution is 0.0932. The topological polar surface area (TPSA) is 44.9 Å². The molecule has 0 aliphatic carbocycles. The molecule has 1 aromatic rings. The number of hydrogen-bond donors (Lipinski definition) is 2. The molecule has 1 amide bonds. The van der Waals surface area contributed by atoms with E-state index in [-0.39, 0.29) is 11.3 Å². The molecule has 0 aliphatic heterocycles. The Hall–Kier alpha value is -0.770. The van der Waals surface area contributed by atoms with Gasteiger partial charge in [-0.05, 0) is 33.3 Å². The molecule has 0 spiro atoms. The maximum Gasteiger partial charge on any atom is 0.267 e. The summed E-state index contributed by atoms with van der Waals surface area (Å²) in [6.07, 6.45) is 1.75. The van der Waals surface area contributed by atoms with Crippen molar-refractivity contribution in [3.8, 4) is 0 Å². The van der Waals surface area contributed by atoms with E-state index >= 15 is 0 Å². The lowest BCUT2D eigenvalue weighted by Crippen LogP contribution is -2.33. The molecule has 0 aliphatic rings. The Kier molecular flexibility index (Phi) is 4.19. The van der Waals surface area contributed by atoms with Crippen LogP contribution in [0.25, 0.3) is 0 Å². The van der Waals surface area contributed by atoms with Crippen molar-refractivity contribution in [2.75, 3.05) is 6.54 Å². The number of aromatic nitrogens is 1. The van der Waals surface area contributed by atoms with Gasteiger partial charge in [0.05, 0.1) is 0 Å². The fourth-order valence-corrected chi connectivity index (χ4v) is 1.49. The van der Waals surface area contributed by atoms with Crippen molar-refractivity contribution < 1.29 is 4.79 Å². The van der Waals surface area contributed by atoms with Crippen molar-refractivity contribution in [3.05, 3.63) is 22.4 Å². The molecule has 1 atom stereocenters. The van der Waals surface area contributed by atoms with Crippen LogP contribution in [0, 0.1) is 11.3 Å². The average molecular weight is 287 g/mol. The second-order valence-corrected chi connectivity index (χ2v) is 6.12. The van der Waals surface area contributed by atoms with Crippen LogP contribution in [0.4, 0.5) is 0 Å². The summed E-state index contributed by atoms with van der Waals surface area (Å²) in [5, 5.41) is 2.93. The van der Waals surface area contributed by atoms with E-state index in [9.17, 15) is 4.79 Å². The van der Waals surface area contributed by atoms with E-state index in [1.807, 2.05) is 0 Å². The number of hydrogen-bond acceptors (Lipinski definition) is 1. The molecule has 0 radical (unpaired) electrons. The summed E-state index contributed by atoms with van der Waals surface area (Å²) < 4.78 is 0.890. The smallest absolute Gasteiger partial charge is 0.267 e. The van der Waals surface area contributed by atoms with Crippen molar-refractivity contribution in [2.45, 2.75) is 27.7 Å². The van der Waals surface area contributed by atoms with Crippen LogP contribution < -0.4 is 5.32 Å². The molecule has 16 heavy (non-hydrogen) atoms. The molecule has 0 aromatic carbocycles. The van der Waals surface area contributed by atoms with Gasteiger partial charge in [-0.15, -0.1) is 0 Å². The molecule has 3 nitrogen and oxygen atoms in total. The third-order valence-corrected chi connectivity index (χ3v) is 3.40. The summed E-state index contributed by atoms with van der Waals surface area (Å²) >= 11 is 3.30. The van der Waals surface area contributed by atoms with Crippen LogP contribution in [-0.4, -0.2) is 17.4 Å². The highest BCUT2D eigenvalue weighted by atomic mass is 79.9. The van der Waals surface area contributed by atoms with Crippen LogP contribution >= 0.6 is 15.9 Å². The quantitative estimate of drug-likeness (QED) is 0.881. The Morgan fingerprint density at radius 2 is 2.19 bits per heavy atom. The minimum absolute atomic E-state index is 0.0539. The van der Waals surface area contributed by atoms with Crippen LogP contribution in [0.5, 0.6) is 0 Å². The monoisotopic (exact) mass is 286 g/mol. The number of carbonyl (C=O) groups is 1. The fourth-order valence-electron chi connectivity index (χ4n) is 1.15. The number of rotatable bonds is 3. The second-order valence-electron chi connectivity index (χ2n) is 5.21. The van der Waals surface area contributed by atoms with E-state index in [1.54, 1.807) is 12.3 Å². The molecular weight excluding hydrogens is 268 g/mol. The zero-order valence-corrected chi connectivity index (χ0v) is 11.8. The van der Waals surface area contributed by atoms with Gasteiger partial charge in [-0.1, -0.05) is 27.7 Å². The lowest BCUT2D eigenvalue weighted by Gasteiger charge is -2.27. The minimum atomic E-state index is -0.0539. The molecule has 1 aromatic heterocycles. The van der Waals surface area contributed by atoms with Crippen LogP contribution in [0.3, 0.4) is 0 Å². The van der Waals surface area contributed by atoms with Crippen molar-refractivity contribution in [1.82, 2.24) is 10.3 Å². The highest BCUT2D eigenvalue weighted by molar-refractivity contribution is 9.10. The first-order valence-electron chi connectivity index (χ1n) is 5.43. The molecule has 90 valence electrons. The van der Waals surface area contributed by atoms with Crippen molar-refractivity contribution in [1.29, 1.82) is 0 Å². The van der Waals surface area contributed by atoms with Gasteiger partial charge in [0.2, 0.25) is 0 Å². The van der Waals surface area contributed by atoms with Gasteiger partial charge < -0.3 is 10.3 Å².